The predicted molar refractivity (Wildman–Crippen MR) is 92.5 cm³/mol. The number of aryl methyl sites for hydroxylation is 2. The molecular formula is C16H18ClN3OS. The van der Waals surface area contributed by atoms with Gasteiger partial charge in [0.05, 0.1) is 5.69 Å². The van der Waals surface area contributed by atoms with E-state index in [-0.39, 0.29) is 11.4 Å². The van der Waals surface area contributed by atoms with Gasteiger partial charge in [-0.05, 0) is 36.8 Å². The highest BCUT2D eigenvalue weighted by Crippen LogP contribution is 2.38. The molecule has 6 heteroatoms. The molecule has 0 saturated carbocycles. The van der Waals surface area contributed by atoms with Crippen molar-refractivity contribution in [2.45, 2.75) is 12.3 Å². The lowest BCUT2D eigenvalue weighted by atomic mass is 10.2. The molecule has 2 amide bonds. The molecule has 3 rings (SSSR count). The third-order valence-electron chi connectivity index (χ3n) is 3.81. The van der Waals surface area contributed by atoms with E-state index in [4.69, 9.17) is 11.6 Å². The highest BCUT2D eigenvalue weighted by Gasteiger charge is 2.32. The lowest BCUT2D eigenvalue weighted by Gasteiger charge is -2.24. The molecule has 0 bridgehead atoms. The maximum absolute atomic E-state index is 12.6. The lowest BCUT2D eigenvalue weighted by Crippen LogP contribution is -2.34. The summed E-state index contributed by atoms with van der Waals surface area (Å²) in [5, 5.41) is 3.66. The SMILES string of the molecule is Cc1ccc(NC(=O)N2CCSC2c2cccn2C)cc1Cl. The molecule has 1 fully saturated rings. The molecule has 4 nitrogen and oxygen atoms in total. The Hall–Kier alpha value is -1.59. The number of nitrogens with zero attached hydrogens (tertiary/aromatic N) is 2. The fourth-order valence-electron chi connectivity index (χ4n) is 2.52. The molecule has 22 heavy (non-hydrogen) atoms. The zero-order valence-corrected chi connectivity index (χ0v) is 14.1. The fraction of sp³-hybridized carbons (Fsp3) is 0.312. The average Bonchev–Trinajstić information content (AvgIpc) is 3.11. The van der Waals surface area contributed by atoms with E-state index in [1.54, 1.807) is 17.8 Å². The van der Waals surface area contributed by atoms with E-state index in [9.17, 15) is 4.79 Å². The van der Waals surface area contributed by atoms with Gasteiger partial charge in [0, 0.05) is 36.3 Å². The van der Waals surface area contributed by atoms with E-state index < -0.39 is 0 Å². The summed E-state index contributed by atoms with van der Waals surface area (Å²) in [6.07, 6.45) is 2.00. The van der Waals surface area contributed by atoms with Crippen LogP contribution in [0.2, 0.25) is 5.02 Å². The van der Waals surface area contributed by atoms with Gasteiger partial charge in [-0.25, -0.2) is 4.79 Å². The van der Waals surface area contributed by atoms with E-state index in [0.29, 0.717) is 5.02 Å². The number of hydrogen-bond acceptors (Lipinski definition) is 2. The number of amides is 2. The second-order valence-electron chi connectivity index (χ2n) is 5.35. The molecule has 1 saturated heterocycles. The van der Waals surface area contributed by atoms with Crippen LogP contribution >= 0.6 is 23.4 Å². The fourth-order valence-corrected chi connectivity index (χ4v) is 4.02. The van der Waals surface area contributed by atoms with Crippen LogP contribution in [-0.2, 0) is 7.05 Å². The second kappa shape index (κ2) is 6.26. The summed E-state index contributed by atoms with van der Waals surface area (Å²) in [5.74, 6) is 0.942. The Kier molecular flexibility index (Phi) is 4.36. The predicted octanol–water partition coefficient (Wildman–Crippen LogP) is 4.27. The summed E-state index contributed by atoms with van der Waals surface area (Å²) in [5.41, 5.74) is 2.86. The van der Waals surface area contributed by atoms with Crippen LogP contribution in [0.25, 0.3) is 0 Å². The number of anilines is 1. The Labute approximate surface area is 139 Å². The largest absolute Gasteiger partial charge is 0.352 e. The van der Waals surface area contributed by atoms with Gasteiger partial charge in [-0.15, -0.1) is 11.8 Å². The maximum atomic E-state index is 12.6. The van der Waals surface area contributed by atoms with Gasteiger partial charge in [0.25, 0.3) is 0 Å². The molecule has 1 atom stereocenters. The molecule has 0 spiro atoms. The van der Waals surface area contributed by atoms with Crippen LogP contribution in [0.15, 0.2) is 36.5 Å². The highest BCUT2D eigenvalue weighted by atomic mass is 35.5. The topological polar surface area (TPSA) is 37.3 Å². The minimum Gasteiger partial charge on any atom is -0.352 e. The van der Waals surface area contributed by atoms with Crippen LogP contribution in [0, 0.1) is 6.92 Å². The lowest BCUT2D eigenvalue weighted by molar-refractivity contribution is 0.213. The number of carbonyl (C=O) groups is 1. The number of halogens is 1. The van der Waals surface area contributed by atoms with Crippen LogP contribution in [0.5, 0.6) is 0 Å². The average molecular weight is 336 g/mol. The minimum atomic E-state index is -0.0869. The van der Waals surface area contributed by atoms with E-state index in [0.717, 1.165) is 29.2 Å². The van der Waals surface area contributed by atoms with Crippen molar-refractivity contribution in [3.8, 4) is 0 Å². The summed E-state index contributed by atoms with van der Waals surface area (Å²) in [6.45, 7) is 2.68. The van der Waals surface area contributed by atoms with Crippen LogP contribution in [0.4, 0.5) is 10.5 Å². The van der Waals surface area contributed by atoms with Gasteiger partial charge >= 0.3 is 6.03 Å². The molecule has 1 aliphatic heterocycles. The van der Waals surface area contributed by atoms with Crippen molar-refractivity contribution >= 4 is 35.1 Å². The number of hydrogen-bond donors (Lipinski definition) is 1. The Morgan fingerprint density at radius 2 is 2.23 bits per heavy atom. The molecule has 116 valence electrons. The maximum Gasteiger partial charge on any atom is 0.323 e. The summed E-state index contributed by atoms with van der Waals surface area (Å²) < 4.78 is 2.06. The van der Waals surface area contributed by atoms with Crippen molar-refractivity contribution in [3.63, 3.8) is 0 Å². The number of urea groups is 1. The van der Waals surface area contributed by atoms with E-state index in [1.165, 1.54) is 0 Å². The molecule has 1 N–H and O–H groups in total. The summed E-state index contributed by atoms with van der Waals surface area (Å²) in [7, 11) is 2.00. The number of carbonyl (C=O) groups excluding carboxylic acids is 1. The molecule has 0 aliphatic carbocycles. The number of benzene rings is 1. The van der Waals surface area contributed by atoms with Crippen LogP contribution in [0.3, 0.4) is 0 Å². The molecule has 0 radical (unpaired) electrons. The van der Waals surface area contributed by atoms with Crippen molar-refractivity contribution in [3.05, 3.63) is 52.8 Å². The van der Waals surface area contributed by atoms with Crippen molar-refractivity contribution in [1.82, 2.24) is 9.47 Å². The first-order valence-corrected chi connectivity index (χ1v) is 8.55. The molecular weight excluding hydrogens is 318 g/mol. The summed E-state index contributed by atoms with van der Waals surface area (Å²) in [6, 6.07) is 9.55. The molecule has 2 aromatic rings. The monoisotopic (exact) mass is 335 g/mol. The molecule has 2 heterocycles. The first-order valence-electron chi connectivity index (χ1n) is 7.13. The van der Waals surface area contributed by atoms with Gasteiger partial charge in [0.1, 0.15) is 5.37 Å². The number of thioether (sulfide) groups is 1. The van der Waals surface area contributed by atoms with Gasteiger partial charge in [0.2, 0.25) is 0 Å². The molecule has 1 aliphatic rings. The van der Waals surface area contributed by atoms with Gasteiger partial charge in [-0.1, -0.05) is 17.7 Å². The quantitative estimate of drug-likeness (QED) is 0.890. The van der Waals surface area contributed by atoms with Crippen LogP contribution < -0.4 is 5.32 Å². The number of aromatic nitrogens is 1. The van der Waals surface area contributed by atoms with Gasteiger partial charge in [0.15, 0.2) is 0 Å². The Bertz CT molecular complexity index is 700. The smallest absolute Gasteiger partial charge is 0.323 e. The number of nitrogens with one attached hydrogen (secondary N) is 1. The second-order valence-corrected chi connectivity index (χ2v) is 6.95. The van der Waals surface area contributed by atoms with Gasteiger partial charge in [-0.2, -0.15) is 0 Å². The number of rotatable bonds is 2. The van der Waals surface area contributed by atoms with Gasteiger partial charge < -0.3 is 14.8 Å². The third kappa shape index (κ3) is 2.96. The third-order valence-corrected chi connectivity index (χ3v) is 5.45. The van der Waals surface area contributed by atoms with Crippen LogP contribution in [-0.4, -0.2) is 27.8 Å². The summed E-state index contributed by atoms with van der Waals surface area (Å²) >= 11 is 7.90. The zero-order valence-electron chi connectivity index (χ0n) is 12.5. The Morgan fingerprint density at radius 1 is 1.41 bits per heavy atom. The Morgan fingerprint density at radius 3 is 2.91 bits per heavy atom. The van der Waals surface area contributed by atoms with E-state index in [2.05, 4.69) is 16.0 Å². The molecule has 1 aromatic heterocycles. The Balaban J connectivity index is 1.76. The normalized spacial score (nSPS) is 17.8. The first kappa shape index (κ1) is 15.3. The highest BCUT2D eigenvalue weighted by molar-refractivity contribution is 7.99. The summed E-state index contributed by atoms with van der Waals surface area (Å²) in [4.78, 5) is 14.4. The minimum absolute atomic E-state index is 0.0564. The van der Waals surface area contributed by atoms with E-state index in [1.807, 2.05) is 43.3 Å². The van der Waals surface area contributed by atoms with Crippen molar-refractivity contribution in [2.24, 2.45) is 7.05 Å². The van der Waals surface area contributed by atoms with Crippen LogP contribution in [0.1, 0.15) is 16.6 Å². The molecule has 1 unspecified atom stereocenters. The van der Waals surface area contributed by atoms with Gasteiger partial charge in [-0.3, -0.25) is 0 Å². The molecule has 1 aromatic carbocycles. The van der Waals surface area contributed by atoms with E-state index >= 15 is 0 Å². The zero-order chi connectivity index (χ0) is 15.7. The van der Waals surface area contributed by atoms with Crippen molar-refractivity contribution < 1.29 is 4.79 Å². The first-order chi connectivity index (χ1) is 10.6. The van der Waals surface area contributed by atoms with Crippen molar-refractivity contribution in [1.29, 1.82) is 0 Å². The van der Waals surface area contributed by atoms with Crippen molar-refractivity contribution in [2.75, 3.05) is 17.6 Å². The standard InChI is InChI=1S/C16H18ClN3OS/c1-11-5-6-12(10-13(11)17)18-16(21)20-8-9-22-15(20)14-4-3-7-19(14)2/h3-7,10,15H,8-9H2,1-2H3,(H,18,21).